The van der Waals surface area contributed by atoms with E-state index in [9.17, 15) is 4.79 Å². The van der Waals surface area contributed by atoms with Gasteiger partial charge in [0.15, 0.2) is 6.61 Å². The standard InChI is InChI=1S/C18H20ClNO2/c1-18(2,14-7-6-8-15(19)11-14)13-20-17(21)12-22-16-9-4-3-5-10-16/h3-11H,12-13H2,1-2H3,(H,20,21). The predicted molar refractivity (Wildman–Crippen MR) is 89.4 cm³/mol. The molecule has 3 nitrogen and oxygen atoms in total. The molecule has 0 heterocycles. The average molecular weight is 318 g/mol. The van der Waals surface area contributed by atoms with Crippen LogP contribution in [0.2, 0.25) is 5.02 Å². The maximum atomic E-state index is 11.9. The molecule has 1 N–H and O–H groups in total. The minimum absolute atomic E-state index is 0.00956. The summed E-state index contributed by atoms with van der Waals surface area (Å²) in [5.41, 5.74) is 0.886. The van der Waals surface area contributed by atoms with Crippen LogP contribution in [0.1, 0.15) is 19.4 Å². The Balaban J connectivity index is 1.85. The van der Waals surface area contributed by atoms with Gasteiger partial charge in [-0.1, -0.05) is 55.8 Å². The summed E-state index contributed by atoms with van der Waals surface area (Å²) < 4.78 is 5.42. The van der Waals surface area contributed by atoms with Gasteiger partial charge >= 0.3 is 0 Å². The minimum Gasteiger partial charge on any atom is -0.484 e. The Morgan fingerprint density at radius 3 is 2.55 bits per heavy atom. The average Bonchev–Trinajstić information content (AvgIpc) is 2.52. The summed E-state index contributed by atoms with van der Waals surface area (Å²) in [4.78, 5) is 11.9. The molecule has 22 heavy (non-hydrogen) atoms. The molecule has 0 aromatic heterocycles. The second-order valence-electron chi connectivity index (χ2n) is 5.77. The molecule has 0 bridgehead atoms. The number of carbonyl (C=O) groups is 1. The Morgan fingerprint density at radius 1 is 1.14 bits per heavy atom. The van der Waals surface area contributed by atoms with Crippen LogP contribution in [-0.2, 0) is 10.2 Å². The van der Waals surface area contributed by atoms with Crippen LogP contribution in [0.3, 0.4) is 0 Å². The van der Waals surface area contributed by atoms with Crippen LogP contribution in [0.4, 0.5) is 0 Å². The number of halogens is 1. The van der Waals surface area contributed by atoms with Crippen molar-refractivity contribution in [1.82, 2.24) is 5.32 Å². The molecule has 4 heteroatoms. The highest BCUT2D eigenvalue weighted by Gasteiger charge is 2.21. The number of ether oxygens (including phenoxy) is 1. The fraction of sp³-hybridized carbons (Fsp3) is 0.278. The third kappa shape index (κ3) is 4.78. The summed E-state index contributed by atoms with van der Waals surface area (Å²) in [6, 6.07) is 17.0. The van der Waals surface area contributed by atoms with Gasteiger partial charge in [0, 0.05) is 17.0 Å². The number of nitrogens with one attached hydrogen (secondary N) is 1. The van der Waals surface area contributed by atoms with Crippen LogP contribution in [0, 0.1) is 0 Å². The molecule has 0 aliphatic carbocycles. The Labute approximate surface area is 136 Å². The van der Waals surface area contributed by atoms with Gasteiger partial charge in [0.1, 0.15) is 5.75 Å². The summed E-state index contributed by atoms with van der Waals surface area (Å²) in [6.45, 7) is 4.66. The smallest absolute Gasteiger partial charge is 0.257 e. The molecule has 2 aromatic rings. The molecule has 0 spiro atoms. The van der Waals surface area contributed by atoms with Crippen molar-refractivity contribution in [1.29, 1.82) is 0 Å². The van der Waals surface area contributed by atoms with Gasteiger partial charge in [-0.25, -0.2) is 0 Å². The van der Waals surface area contributed by atoms with Gasteiger partial charge in [-0.2, -0.15) is 0 Å². The largest absolute Gasteiger partial charge is 0.484 e. The minimum atomic E-state index is -0.201. The lowest BCUT2D eigenvalue weighted by Gasteiger charge is -2.25. The number of carbonyl (C=O) groups excluding carboxylic acids is 1. The molecule has 116 valence electrons. The quantitative estimate of drug-likeness (QED) is 0.879. The first kappa shape index (κ1) is 16.4. The first-order chi connectivity index (χ1) is 10.5. The zero-order valence-electron chi connectivity index (χ0n) is 12.8. The molecule has 2 aromatic carbocycles. The van der Waals surface area contributed by atoms with Crippen molar-refractivity contribution in [3.8, 4) is 5.75 Å². The van der Waals surface area contributed by atoms with E-state index in [-0.39, 0.29) is 17.9 Å². The summed E-state index contributed by atoms with van der Waals surface area (Å²) >= 11 is 6.02. The third-order valence-corrected chi connectivity index (χ3v) is 3.68. The lowest BCUT2D eigenvalue weighted by atomic mass is 9.84. The van der Waals surface area contributed by atoms with Crippen molar-refractivity contribution >= 4 is 17.5 Å². The molecule has 0 radical (unpaired) electrons. The first-order valence-corrected chi connectivity index (χ1v) is 7.56. The van der Waals surface area contributed by atoms with Crippen molar-refractivity contribution < 1.29 is 9.53 Å². The van der Waals surface area contributed by atoms with E-state index in [4.69, 9.17) is 16.3 Å². The highest BCUT2D eigenvalue weighted by Crippen LogP contribution is 2.24. The van der Waals surface area contributed by atoms with E-state index in [0.29, 0.717) is 17.3 Å². The van der Waals surface area contributed by atoms with E-state index in [1.807, 2.05) is 54.6 Å². The van der Waals surface area contributed by atoms with Gasteiger partial charge in [-0.3, -0.25) is 4.79 Å². The molecular weight excluding hydrogens is 298 g/mol. The van der Waals surface area contributed by atoms with Gasteiger partial charge in [0.05, 0.1) is 0 Å². The molecule has 0 saturated heterocycles. The number of hydrogen-bond donors (Lipinski definition) is 1. The second kappa shape index (κ2) is 7.32. The summed E-state index contributed by atoms with van der Waals surface area (Å²) in [5, 5.41) is 3.60. The number of para-hydroxylation sites is 1. The lowest BCUT2D eigenvalue weighted by molar-refractivity contribution is -0.123. The van der Waals surface area contributed by atoms with E-state index in [0.717, 1.165) is 5.56 Å². The van der Waals surface area contributed by atoms with Crippen LogP contribution in [0.5, 0.6) is 5.75 Å². The van der Waals surface area contributed by atoms with Gasteiger partial charge in [-0.15, -0.1) is 0 Å². The molecule has 0 aliphatic heterocycles. The van der Waals surface area contributed by atoms with Crippen molar-refractivity contribution in [3.63, 3.8) is 0 Å². The normalized spacial score (nSPS) is 11.0. The van der Waals surface area contributed by atoms with Crippen molar-refractivity contribution in [2.24, 2.45) is 0 Å². The Hall–Kier alpha value is -2.00. The van der Waals surface area contributed by atoms with Crippen LogP contribution < -0.4 is 10.1 Å². The zero-order chi connectivity index (χ0) is 16.0. The highest BCUT2D eigenvalue weighted by molar-refractivity contribution is 6.30. The SMILES string of the molecule is CC(C)(CNC(=O)COc1ccccc1)c1cccc(Cl)c1. The van der Waals surface area contributed by atoms with E-state index >= 15 is 0 Å². The van der Waals surface area contributed by atoms with Gasteiger partial charge in [-0.05, 0) is 29.8 Å². The molecule has 0 aliphatic rings. The molecule has 0 unspecified atom stereocenters. The number of amides is 1. The molecule has 0 atom stereocenters. The first-order valence-electron chi connectivity index (χ1n) is 7.18. The highest BCUT2D eigenvalue weighted by atomic mass is 35.5. The van der Waals surface area contributed by atoms with E-state index in [1.54, 1.807) is 0 Å². The number of benzene rings is 2. The molecular formula is C18H20ClNO2. The molecule has 1 amide bonds. The van der Waals surface area contributed by atoms with Gasteiger partial charge in [0.25, 0.3) is 5.91 Å². The maximum Gasteiger partial charge on any atom is 0.257 e. The summed E-state index contributed by atoms with van der Waals surface area (Å²) in [7, 11) is 0. The Bertz CT molecular complexity index is 626. The summed E-state index contributed by atoms with van der Waals surface area (Å²) in [5.74, 6) is 0.547. The van der Waals surface area contributed by atoms with Crippen LogP contribution >= 0.6 is 11.6 Å². The van der Waals surface area contributed by atoms with Crippen molar-refractivity contribution in [3.05, 3.63) is 65.2 Å². The van der Waals surface area contributed by atoms with Crippen LogP contribution in [-0.4, -0.2) is 19.1 Å². The zero-order valence-corrected chi connectivity index (χ0v) is 13.6. The third-order valence-electron chi connectivity index (χ3n) is 3.45. The monoisotopic (exact) mass is 317 g/mol. The fourth-order valence-corrected chi connectivity index (χ4v) is 2.24. The van der Waals surface area contributed by atoms with Gasteiger partial charge < -0.3 is 10.1 Å². The van der Waals surface area contributed by atoms with Crippen LogP contribution in [0.15, 0.2) is 54.6 Å². The van der Waals surface area contributed by atoms with E-state index in [1.165, 1.54) is 0 Å². The van der Waals surface area contributed by atoms with Crippen LogP contribution in [0.25, 0.3) is 0 Å². The van der Waals surface area contributed by atoms with Crippen molar-refractivity contribution in [2.75, 3.05) is 13.2 Å². The number of rotatable bonds is 6. The topological polar surface area (TPSA) is 38.3 Å². The summed E-state index contributed by atoms with van der Waals surface area (Å²) in [6.07, 6.45) is 0. The van der Waals surface area contributed by atoms with E-state index < -0.39 is 0 Å². The number of hydrogen-bond acceptors (Lipinski definition) is 2. The fourth-order valence-electron chi connectivity index (χ4n) is 2.05. The lowest BCUT2D eigenvalue weighted by Crippen LogP contribution is -2.38. The Morgan fingerprint density at radius 2 is 1.86 bits per heavy atom. The van der Waals surface area contributed by atoms with Gasteiger partial charge in [0.2, 0.25) is 0 Å². The Kier molecular flexibility index (Phi) is 5.45. The second-order valence-corrected chi connectivity index (χ2v) is 6.21. The molecule has 0 saturated carbocycles. The van der Waals surface area contributed by atoms with Crippen molar-refractivity contribution in [2.45, 2.75) is 19.3 Å². The molecule has 2 rings (SSSR count). The predicted octanol–water partition coefficient (Wildman–Crippen LogP) is 3.81. The van der Waals surface area contributed by atoms with E-state index in [2.05, 4.69) is 19.2 Å². The molecule has 0 fully saturated rings. The maximum absolute atomic E-state index is 11.9.